The van der Waals surface area contributed by atoms with E-state index in [1.165, 1.54) is 12.1 Å². The Labute approximate surface area is 116 Å². The summed E-state index contributed by atoms with van der Waals surface area (Å²) in [7, 11) is 0. The van der Waals surface area contributed by atoms with Gasteiger partial charge in [0, 0.05) is 10.4 Å². The molecule has 2 aromatic rings. The fourth-order valence-electron chi connectivity index (χ4n) is 1.68. The van der Waals surface area contributed by atoms with E-state index < -0.39 is 17.7 Å². The molecule has 0 bridgehead atoms. The van der Waals surface area contributed by atoms with Crippen LogP contribution in [0.15, 0.2) is 24.3 Å². The highest BCUT2D eigenvalue weighted by Crippen LogP contribution is 2.34. The molecule has 1 aromatic carbocycles. The fourth-order valence-corrected chi connectivity index (χ4v) is 2.73. The van der Waals surface area contributed by atoms with Crippen LogP contribution in [0.4, 0.5) is 13.2 Å². The van der Waals surface area contributed by atoms with Gasteiger partial charge in [-0.3, -0.25) is 4.79 Å². The fraction of sp³-hybridized carbons (Fsp3) is 0.231. The van der Waals surface area contributed by atoms with Crippen LogP contribution < -0.4 is 0 Å². The van der Waals surface area contributed by atoms with Crippen molar-refractivity contribution in [2.75, 3.05) is 0 Å². The summed E-state index contributed by atoms with van der Waals surface area (Å²) in [6.07, 6.45) is -4.59. The maximum atomic E-state index is 12.6. The molecule has 0 radical (unpaired) electrons. The van der Waals surface area contributed by atoms with Gasteiger partial charge in [0.2, 0.25) is 0 Å². The first-order valence-electron chi connectivity index (χ1n) is 5.63. The molecular weight excluding hydrogens is 291 g/mol. The lowest BCUT2D eigenvalue weighted by atomic mass is 10.1. The third-order valence-electron chi connectivity index (χ3n) is 2.64. The molecule has 0 aliphatic heterocycles. The number of halogens is 3. The van der Waals surface area contributed by atoms with Crippen molar-refractivity contribution in [1.29, 1.82) is 0 Å². The summed E-state index contributed by atoms with van der Waals surface area (Å²) >= 11 is 1.10. The summed E-state index contributed by atoms with van der Waals surface area (Å²) in [5.41, 5.74) is 0.122. The minimum Gasteiger partial charge on any atom is -0.481 e. The molecular formula is C13H10F3NO2S. The molecule has 0 aliphatic rings. The highest BCUT2D eigenvalue weighted by atomic mass is 32.1. The molecule has 106 valence electrons. The monoisotopic (exact) mass is 301 g/mol. The molecule has 2 rings (SSSR count). The number of nitrogens with zero attached hydrogens (tertiary/aromatic N) is 1. The second-order valence-corrected chi connectivity index (χ2v) is 5.26. The number of benzene rings is 1. The van der Waals surface area contributed by atoms with Crippen LogP contribution in [-0.2, 0) is 17.4 Å². The molecule has 0 fully saturated rings. The second kappa shape index (κ2) is 5.24. The van der Waals surface area contributed by atoms with E-state index in [2.05, 4.69) is 4.98 Å². The van der Waals surface area contributed by atoms with E-state index in [9.17, 15) is 18.0 Å². The van der Waals surface area contributed by atoms with Crippen LogP contribution in [0.5, 0.6) is 0 Å². The summed E-state index contributed by atoms with van der Waals surface area (Å²) < 4.78 is 37.9. The largest absolute Gasteiger partial charge is 0.481 e. The highest BCUT2D eigenvalue weighted by Gasteiger charge is 2.30. The average molecular weight is 301 g/mol. The van der Waals surface area contributed by atoms with E-state index in [-0.39, 0.29) is 6.42 Å². The van der Waals surface area contributed by atoms with Crippen LogP contribution in [0.3, 0.4) is 0 Å². The van der Waals surface area contributed by atoms with Crippen LogP contribution in [0.1, 0.15) is 16.1 Å². The molecule has 0 saturated heterocycles. The lowest BCUT2D eigenvalue weighted by molar-refractivity contribution is -0.138. The standard InChI is InChI=1S/C13H10F3NO2S/c1-7-10(6-11(18)19)20-12(17-7)8-3-2-4-9(5-8)13(14,15)16/h2-5H,6H2,1H3,(H,18,19). The number of thiazole rings is 1. The Morgan fingerprint density at radius 2 is 2.10 bits per heavy atom. The van der Waals surface area contributed by atoms with Gasteiger partial charge in [-0.15, -0.1) is 11.3 Å². The van der Waals surface area contributed by atoms with Crippen LogP contribution >= 0.6 is 11.3 Å². The first-order chi connectivity index (χ1) is 9.27. The van der Waals surface area contributed by atoms with Gasteiger partial charge in [-0.2, -0.15) is 13.2 Å². The van der Waals surface area contributed by atoms with Crippen molar-refractivity contribution in [2.24, 2.45) is 0 Å². The highest BCUT2D eigenvalue weighted by molar-refractivity contribution is 7.15. The molecule has 0 amide bonds. The second-order valence-electron chi connectivity index (χ2n) is 4.18. The Bertz CT molecular complexity index is 649. The van der Waals surface area contributed by atoms with E-state index in [0.717, 1.165) is 23.5 Å². The lowest BCUT2D eigenvalue weighted by Crippen LogP contribution is -2.04. The van der Waals surface area contributed by atoms with E-state index >= 15 is 0 Å². The van der Waals surface area contributed by atoms with Crippen LogP contribution in [-0.4, -0.2) is 16.1 Å². The Kier molecular flexibility index (Phi) is 3.80. The Balaban J connectivity index is 2.39. The number of aliphatic carboxylic acids is 1. The predicted octanol–water partition coefficient (Wildman–Crippen LogP) is 3.76. The molecule has 7 heteroatoms. The number of carboxylic acids is 1. The van der Waals surface area contributed by atoms with E-state index in [1.807, 2.05) is 0 Å². The molecule has 3 nitrogen and oxygen atoms in total. The number of rotatable bonds is 3. The zero-order chi connectivity index (χ0) is 14.9. The number of aryl methyl sites for hydroxylation is 1. The number of carboxylic acid groups (broad SMARTS) is 1. The molecule has 0 atom stereocenters. The maximum Gasteiger partial charge on any atom is 0.416 e. The number of alkyl halides is 3. The van der Waals surface area contributed by atoms with Crippen molar-refractivity contribution < 1.29 is 23.1 Å². The average Bonchev–Trinajstić information content (AvgIpc) is 2.69. The Hall–Kier alpha value is -1.89. The molecule has 0 unspecified atom stereocenters. The van der Waals surface area contributed by atoms with Gasteiger partial charge in [-0.1, -0.05) is 12.1 Å². The SMILES string of the molecule is Cc1nc(-c2cccc(C(F)(F)F)c2)sc1CC(=O)O. The van der Waals surface area contributed by atoms with Gasteiger partial charge in [-0.25, -0.2) is 4.98 Å². The third-order valence-corrected chi connectivity index (χ3v) is 3.85. The van der Waals surface area contributed by atoms with Gasteiger partial charge in [0.25, 0.3) is 0 Å². The topological polar surface area (TPSA) is 50.2 Å². The summed E-state index contributed by atoms with van der Waals surface area (Å²) in [6, 6.07) is 4.84. The molecule has 1 heterocycles. The predicted molar refractivity (Wildman–Crippen MR) is 68.6 cm³/mol. The summed E-state index contributed by atoms with van der Waals surface area (Å²) in [5.74, 6) is -0.993. The lowest BCUT2D eigenvalue weighted by Gasteiger charge is -2.07. The van der Waals surface area contributed by atoms with Crippen LogP contribution in [0.25, 0.3) is 10.6 Å². The number of carbonyl (C=O) groups is 1. The summed E-state index contributed by atoms with van der Waals surface area (Å²) in [6.45, 7) is 1.64. The van der Waals surface area contributed by atoms with Crippen molar-refractivity contribution in [2.45, 2.75) is 19.5 Å². The van der Waals surface area contributed by atoms with Crippen LogP contribution in [0.2, 0.25) is 0 Å². The van der Waals surface area contributed by atoms with E-state index in [0.29, 0.717) is 21.1 Å². The van der Waals surface area contributed by atoms with Gasteiger partial charge in [0.1, 0.15) is 5.01 Å². The number of hydrogen-bond acceptors (Lipinski definition) is 3. The molecule has 0 aliphatic carbocycles. The minimum atomic E-state index is -4.41. The number of aromatic nitrogens is 1. The first kappa shape index (κ1) is 14.5. The zero-order valence-corrected chi connectivity index (χ0v) is 11.2. The van der Waals surface area contributed by atoms with E-state index in [1.54, 1.807) is 6.92 Å². The molecule has 1 aromatic heterocycles. The normalized spacial score (nSPS) is 11.6. The van der Waals surface area contributed by atoms with Gasteiger partial charge < -0.3 is 5.11 Å². The van der Waals surface area contributed by atoms with Crippen molar-refractivity contribution in [1.82, 2.24) is 4.98 Å². The molecule has 0 saturated carbocycles. The third kappa shape index (κ3) is 3.16. The smallest absolute Gasteiger partial charge is 0.416 e. The molecule has 20 heavy (non-hydrogen) atoms. The number of hydrogen-bond donors (Lipinski definition) is 1. The summed E-state index contributed by atoms with van der Waals surface area (Å²) in [4.78, 5) is 15.4. The Morgan fingerprint density at radius 3 is 2.70 bits per heavy atom. The van der Waals surface area contributed by atoms with Gasteiger partial charge in [-0.05, 0) is 19.1 Å². The van der Waals surface area contributed by atoms with Gasteiger partial charge in [0.05, 0.1) is 17.7 Å². The zero-order valence-electron chi connectivity index (χ0n) is 10.4. The van der Waals surface area contributed by atoms with Crippen molar-refractivity contribution in [3.05, 3.63) is 40.4 Å². The maximum absolute atomic E-state index is 12.6. The van der Waals surface area contributed by atoms with Crippen molar-refractivity contribution >= 4 is 17.3 Å². The van der Waals surface area contributed by atoms with Crippen molar-refractivity contribution in [3.8, 4) is 10.6 Å². The van der Waals surface area contributed by atoms with Gasteiger partial charge in [0.15, 0.2) is 0 Å². The molecule has 0 spiro atoms. The van der Waals surface area contributed by atoms with Gasteiger partial charge >= 0.3 is 12.1 Å². The summed E-state index contributed by atoms with van der Waals surface area (Å²) in [5, 5.41) is 9.15. The molecule has 1 N–H and O–H groups in total. The first-order valence-corrected chi connectivity index (χ1v) is 6.45. The Morgan fingerprint density at radius 1 is 1.40 bits per heavy atom. The van der Waals surface area contributed by atoms with Crippen molar-refractivity contribution in [3.63, 3.8) is 0 Å². The quantitative estimate of drug-likeness (QED) is 0.939. The van der Waals surface area contributed by atoms with Crippen LogP contribution in [0, 0.1) is 6.92 Å². The van der Waals surface area contributed by atoms with E-state index in [4.69, 9.17) is 5.11 Å². The minimum absolute atomic E-state index is 0.178.